The second-order valence-electron chi connectivity index (χ2n) is 16.0. The predicted molar refractivity (Wildman–Crippen MR) is 239 cm³/mol. The monoisotopic (exact) mass is 721 g/mol. The highest BCUT2D eigenvalue weighted by Gasteiger charge is 2.20. The molecule has 3 heteroatoms. The van der Waals surface area contributed by atoms with Crippen molar-refractivity contribution >= 4 is 60.7 Å². The van der Waals surface area contributed by atoms with Gasteiger partial charge in [0.25, 0.3) is 0 Å². The normalized spacial score (nSPS) is 11.9. The Morgan fingerprint density at radius 3 is 1.54 bits per heavy atom. The molecule has 0 radical (unpaired) electrons. The third kappa shape index (κ3) is 5.67. The molecule has 270 valence electrons. The van der Waals surface area contributed by atoms with Crippen LogP contribution in [0.4, 0.5) is 17.1 Å². The lowest BCUT2D eigenvalue weighted by molar-refractivity contribution is 0.591. The topological polar surface area (TPSA) is 13.1 Å². The van der Waals surface area contributed by atoms with Crippen molar-refractivity contribution in [2.45, 2.75) is 33.1 Å². The van der Waals surface area contributed by atoms with Crippen molar-refractivity contribution in [2.24, 2.45) is 0 Å². The van der Waals surface area contributed by atoms with Crippen molar-refractivity contribution in [3.8, 4) is 22.5 Å². The Bertz CT molecular complexity index is 3030. The molecule has 0 aliphatic rings. The van der Waals surface area contributed by atoms with Crippen molar-refractivity contribution < 1.29 is 0 Å². The molecular formula is C53H43N3. The molecule has 10 aromatic rings. The van der Waals surface area contributed by atoms with Gasteiger partial charge in [-0.25, -0.2) is 0 Å². The lowest BCUT2D eigenvalue weighted by atomic mass is 9.86. The summed E-state index contributed by atoms with van der Waals surface area (Å²) in [6, 6.07) is 68.7. The van der Waals surface area contributed by atoms with Crippen LogP contribution in [0, 0.1) is 6.92 Å². The lowest BCUT2D eigenvalue weighted by Gasteiger charge is -2.26. The summed E-state index contributed by atoms with van der Waals surface area (Å²) < 4.78 is 4.78. The largest absolute Gasteiger partial charge is 0.311 e. The Kier molecular flexibility index (Phi) is 7.93. The van der Waals surface area contributed by atoms with E-state index < -0.39 is 0 Å². The fourth-order valence-electron chi connectivity index (χ4n) is 8.47. The Balaban J connectivity index is 1.03. The van der Waals surface area contributed by atoms with Gasteiger partial charge < -0.3 is 14.0 Å². The average molecular weight is 722 g/mol. The molecule has 0 bridgehead atoms. The van der Waals surface area contributed by atoms with Crippen molar-refractivity contribution in [1.29, 1.82) is 0 Å². The molecule has 0 N–H and O–H groups in total. The molecular weight excluding hydrogens is 679 g/mol. The number of hydrogen-bond acceptors (Lipinski definition) is 1. The van der Waals surface area contributed by atoms with Gasteiger partial charge in [-0.1, -0.05) is 111 Å². The molecule has 0 fully saturated rings. The van der Waals surface area contributed by atoms with Gasteiger partial charge >= 0.3 is 0 Å². The van der Waals surface area contributed by atoms with Crippen LogP contribution >= 0.6 is 0 Å². The molecule has 0 aliphatic carbocycles. The zero-order valence-electron chi connectivity index (χ0n) is 32.2. The molecule has 56 heavy (non-hydrogen) atoms. The van der Waals surface area contributed by atoms with Crippen molar-refractivity contribution in [3.05, 3.63) is 199 Å². The first-order valence-electron chi connectivity index (χ1n) is 19.5. The number of rotatable bonds is 6. The quantitative estimate of drug-likeness (QED) is 0.167. The lowest BCUT2D eigenvalue weighted by Crippen LogP contribution is -2.10. The second-order valence-corrected chi connectivity index (χ2v) is 16.0. The molecule has 10 rings (SSSR count). The summed E-state index contributed by atoms with van der Waals surface area (Å²) in [5.41, 5.74) is 15.6. The van der Waals surface area contributed by atoms with Gasteiger partial charge in [0.2, 0.25) is 0 Å². The van der Waals surface area contributed by atoms with Gasteiger partial charge in [-0.05, 0) is 132 Å². The number of benzene rings is 8. The standard InChI is InChI=1S/C53H43N3/c1-36-19-30-50-46(33-36)48-35-39(53(2,3)4)23-32-52(48)56(50)44-28-26-43(27-29-44)54(40-13-7-5-8-14-40)42-24-20-37(21-25-42)38-22-31-51-47(34-38)45-17-11-12-18-49(45)55(51)41-15-9-6-10-16-41/h5-35H,1-4H3. The van der Waals surface area contributed by atoms with E-state index in [9.17, 15) is 0 Å². The van der Waals surface area contributed by atoms with Gasteiger partial charge in [0.15, 0.2) is 0 Å². The maximum atomic E-state index is 2.41. The van der Waals surface area contributed by atoms with E-state index in [2.05, 4.69) is 230 Å². The van der Waals surface area contributed by atoms with E-state index in [1.54, 1.807) is 0 Å². The highest BCUT2D eigenvalue weighted by atomic mass is 15.1. The molecule has 0 aliphatic heterocycles. The Morgan fingerprint density at radius 2 is 0.857 bits per heavy atom. The van der Waals surface area contributed by atoms with Gasteiger partial charge in [-0.2, -0.15) is 0 Å². The smallest absolute Gasteiger partial charge is 0.0541 e. The van der Waals surface area contributed by atoms with Crippen LogP contribution in [0.15, 0.2) is 188 Å². The molecule has 0 spiro atoms. The molecule has 0 atom stereocenters. The van der Waals surface area contributed by atoms with Crippen LogP contribution in [-0.2, 0) is 5.41 Å². The summed E-state index contributed by atoms with van der Waals surface area (Å²) in [6.45, 7) is 9.04. The molecule has 0 amide bonds. The van der Waals surface area contributed by atoms with Gasteiger partial charge in [-0.15, -0.1) is 0 Å². The first kappa shape index (κ1) is 33.7. The average Bonchev–Trinajstić information content (AvgIpc) is 3.73. The van der Waals surface area contributed by atoms with Crippen LogP contribution in [0.5, 0.6) is 0 Å². The minimum Gasteiger partial charge on any atom is -0.311 e. The van der Waals surface area contributed by atoms with Gasteiger partial charge in [0.1, 0.15) is 0 Å². The van der Waals surface area contributed by atoms with Gasteiger partial charge in [0.05, 0.1) is 22.1 Å². The third-order valence-electron chi connectivity index (χ3n) is 11.3. The van der Waals surface area contributed by atoms with Crippen molar-refractivity contribution in [3.63, 3.8) is 0 Å². The number of fused-ring (bicyclic) bond motifs is 6. The highest BCUT2D eigenvalue weighted by molar-refractivity contribution is 6.11. The van der Waals surface area contributed by atoms with E-state index in [-0.39, 0.29) is 5.41 Å². The number of anilines is 3. The SMILES string of the molecule is Cc1ccc2c(c1)c1cc(C(C)(C)C)ccc1n2-c1ccc(N(c2ccccc2)c2ccc(-c3ccc4c(c3)c3ccccc3n4-c3ccccc3)cc2)cc1. The summed E-state index contributed by atoms with van der Waals surface area (Å²) >= 11 is 0. The van der Waals surface area contributed by atoms with E-state index in [0.29, 0.717) is 0 Å². The first-order valence-corrected chi connectivity index (χ1v) is 19.5. The van der Waals surface area contributed by atoms with Gasteiger partial charge in [-0.3, -0.25) is 0 Å². The third-order valence-corrected chi connectivity index (χ3v) is 11.3. The summed E-state index contributed by atoms with van der Waals surface area (Å²) in [5.74, 6) is 0. The summed E-state index contributed by atoms with van der Waals surface area (Å²) in [4.78, 5) is 2.34. The Hall–Kier alpha value is -6.84. The molecule has 2 heterocycles. The number of nitrogens with zero attached hydrogens (tertiary/aromatic N) is 3. The molecule has 0 unspecified atom stereocenters. The van der Waals surface area contributed by atoms with Crippen molar-refractivity contribution in [1.82, 2.24) is 9.13 Å². The minimum atomic E-state index is 0.0744. The minimum absolute atomic E-state index is 0.0744. The number of aromatic nitrogens is 2. The molecule has 2 aromatic heterocycles. The van der Waals surface area contributed by atoms with Crippen LogP contribution in [0.1, 0.15) is 31.9 Å². The van der Waals surface area contributed by atoms with E-state index in [0.717, 1.165) is 22.7 Å². The first-order chi connectivity index (χ1) is 27.3. The zero-order chi connectivity index (χ0) is 38.0. The fourth-order valence-corrected chi connectivity index (χ4v) is 8.47. The molecule has 0 saturated heterocycles. The number of para-hydroxylation sites is 3. The Morgan fingerprint density at radius 1 is 0.375 bits per heavy atom. The molecule has 3 nitrogen and oxygen atoms in total. The predicted octanol–water partition coefficient (Wildman–Crippen LogP) is 14.6. The number of hydrogen-bond donors (Lipinski definition) is 0. The second kappa shape index (κ2) is 13.2. The number of aryl methyl sites for hydroxylation is 1. The summed E-state index contributed by atoms with van der Waals surface area (Å²) in [5, 5.41) is 5.11. The molecule has 0 saturated carbocycles. The van der Waals surface area contributed by atoms with E-state index in [4.69, 9.17) is 0 Å². The summed E-state index contributed by atoms with van der Waals surface area (Å²) in [7, 11) is 0. The molecule has 8 aromatic carbocycles. The van der Waals surface area contributed by atoms with Crippen LogP contribution < -0.4 is 4.90 Å². The highest BCUT2D eigenvalue weighted by Crippen LogP contribution is 2.40. The fraction of sp³-hybridized carbons (Fsp3) is 0.0943. The van der Waals surface area contributed by atoms with Crippen LogP contribution in [-0.4, -0.2) is 9.13 Å². The van der Waals surface area contributed by atoms with Gasteiger partial charge in [0, 0.05) is 50.0 Å². The maximum Gasteiger partial charge on any atom is 0.0541 e. The van der Waals surface area contributed by atoms with Crippen LogP contribution in [0.2, 0.25) is 0 Å². The van der Waals surface area contributed by atoms with Crippen LogP contribution in [0.25, 0.3) is 66.1 Å². The Labute approximate surface area is 328 Å². The maximum absolute atomic E-state index is 2.41. The van der Waals surface area contributed by atoms with Crippen molar-refractivity contribution in [2.75, 3.05) is 4.90 Å². The van der Waals surface area contributed by atoms with E-state index in [1.807, 2.05) is 0 Å². The van der Waals surface area contributed by atoms with Crippen LogP contribution in [0.3, 0.4) is 0 Å². The van der Waals surface area contributed by atoms with E-state index >= 15 is 0 Å². The van der Waals surface area contributed by atoms with E-state index in [1.165, 1.54) is 71.6 Å². The summed E-state index contributed by atoms with van der Waals surface area (Å²) in [6.07, 6.45) is 0. The zero-order valence-corrected chi connectivity index (χ0v) is 32.2.